The molecule has 2 aliphatic heterocycles. The maximum atomic E-state index is 12.0. The van der Waals surface area contributed by atoms with E-state index in [-0.39, 0.29) is 30.1 Å². The van der Waals surface area contributed by atoms with Gasteiger partial charge in [0.25, 0.3) is 0 Å². The van der Waals surface area contributed by atoms with Crippen molar-refractivity contribution >= 4 is 57.5 Å². The largest absolute Gasteiger partial charge is 0.375 e. The molecular formula is C30H32ClN5O2S. The fraction of sp³-hybridized carbons (Fsp3) is 0.300. The molecule has 0 saturated carbocycles. The standard InChI is InChI=1S/C30H32ClN5O2S/c1-18-16-30(2,3)35(4)25-15-23(31)22(14-21(18)25)28-27(24-8-6-7-13-32-24)34-29(39)36(28)20-11-9-19(10-12-20)33-26(37)17-38-5/h6-16,27-28H,17H2,1-5H3,(H,33,37)(H,34,39)/t27-,28-/m1/s1. The molecule has 3 heterocycles. The SMILES string of the molecule is COCC(=O)Nc1ccc(N2C(=S)N[C@H](c3ccccn3)[C@H]2c2cc3c(cc2Cl)N(C)C(C)(C)C=C3C)cc1. The number of pyridine rings is 1. The number of amides is 1. The highest BCUT2D eigenvalue weighted by Gasteiger charge is 2.42. The number of carbonyl (C=O) groups is 1. The quantitative estimate of drug-likeness (QED) is 0.351. The van der Waals surface area contributed by atoms with Gasteiger partial charge in [-0.1, -0.05) is 23.7 Å². The van der Waals surface area contributed by atoms with Crippen LogP contribution in [0.5, 0.6) is 0 Å². The summed E-state index contributed by atoms with van der Waals surface area (Å²) in [4.78, 5) is 21.0. The number of ether oxygens (including phenoxy) is 1. The first-order valence-electron chi connectivity index (χ1n) is 12.8. The van der Waals surface area contributed by atoms with E-state index in [0.717, 1.165) is 28.2 Å². The predicted molar refractivity (Wildman–Crippen MR) is 162 cm³/mol. The van der Waals surface area contributed by atoms with Crippen molar-refractivity contribution in [2.24, 2.45) is 0 Å². The van der Waals surface area contributed by atoms with Crippen molar-refractivity contribution in [2.75, 3.05) is 35.9 Å². The average Bonchev–Trinajstić information content (AvgIpc) is 3.24. The van der Waals surface area contributed by atoms with Gasteiger partial charge >= 0.3 is 0 Å². The van der Waals surface area contributed by atoms with Gasteiger partial charge in [-0.25, -0.2) is 0 Å². The Kier molecular flexibility index (Phi) is 7.37. The zero-order chi connectivity index (χ0) is 27.9. The van der Waals surface area contributed by atoms with E-state index in [1.54, 1.807) is 6.20 Å². The third kappa shape index (κ3) is 5.12. The number of nitrogens with one attached hydrogen (secondary N) is 2. The van der Waals surface area contributed by atoms with Crippen molar-refractivity contribution in [2.45, 2.75) is 38.4 Å². The molecule has 0 spiro atoms. The lowest BCUT2D eigenvalue weighted by molar-refractivity contribution is -0.119. The molecule has 2 N–H and O–H groups in total. The third-order valence-electron chi connectivity index (χ3n) is 7.46. The van der Waals surface area contributed by atoms with Crippen LogP contribution in [0.25, 0.3) is 5.57 Å². The lowest BCUT2D eigenvalue weighted by atomic mass is 9.86. The Bertz CT molecular complexity index is 1440. The van der Waals surface area contributed by atoms with Gasteiger partial charge in [0.1, 0.15) is 6.61 Å². The molecule has 7 nitrogen and oxygen atoms in total. The fourth-order valence-corrected chi connectivity index (χ4v) is 6.01. The van der Waals surface area contributed by atoms with Gasteiger partial charge in [0, 0.05) is 48.0 Å². The van der Waals surface area contributed by atoms with Crippen LogP contribution in [0.3, 0.4) is 0 Å². The molecule has 1 aromatic heterocycles. The lowest BCUT2D eigenvalue weighted by Crippen LogP contribution is -2.42. The highest BCUT2D eigenvalue weighted by molar-refractivity contribution is 7.80. The summed E-state index contributed by atoms with van der Waals surface area (Å²) in [5.74, 6) is -0.214. The van der Waals surface area contributed by atoms with Crippen LogP contribution < -0.4 is 20.4 Å². The topological polar surface area (TPSA) is 69.7 Å². The number of nitrogens with zero attached hydrogens (tertiary/aromatic N) is 3. The van der Waals surface area contributed by atoms with Crippen LogP contribution in [0.1, 0.15) is 49.7 Å². The van der Waals surface area contributed by atoms with E-state index in [1.165, 1.54) is 12.7 Å². The van der Waals surface area contributed by atoms with E-state index in [4.69, 9.17) is 28.6 Å². The van der Waals surface area contributed by atoms with Crippen molar-refractivity contribution in [3.05, 3.63) is 88.7 Å². The second-order valence-electron chi connectivity index (χ2n) is 10.5. The summed E-state index contributed by atoms with van der Waals surface area (Å²) in [7, 11) is 3.59. The molecule has 5 rings (SSSR count). The molecule has 2 aromatic carbocycles. The normalized spacial score (nSPS) is 19.8. The van der Waals surface area contributed by atoms with Crippen molar-refractivity contribution < 1.29 is 9.53 Å². The Morgan fingerprint density at radius 3 is 2.62 bits per heavy atom. The van der Waals surface area contributed by atoms with Gasteiger partial charge in [0.2, 0.25) is 5.91 Å². The first kappa shape index (κ1) is 27.1. The number of carbonyl (C=O) groups excluding carboxylic acids is 1. The number of thiocarbonyl (C=S) groups is 1. The number of rotatable bonds is 6. The van der Waals surface area contributed by atoms with Gasteiger partial charge in [-0.3, -0.25) is 9.78 Å². The van der Waals surface area contributed by atoms with Gasteiger partial charge in [0.15, 0.2) is 5.11 Å². The summed E-state index contributed by atoms with van der Waals surface area (Å²) in [6, 6.07) is 17.2. The van der Waals surface area contributed by atoms with E-state index in [0.29, 0.717) is 15.8 Å². The molecule has 2 atom stereocenters. The van der Waals surface area contributed by atoms with Crippen LogP contribution in [-0.4, -0.2) is 42.3 Å². The summed E-state index contributed by atoms with van der Waals surface area (Å²) < 4.78 is 4.92. The average molecular weight is 562 g/mol. The maximum absolute atomic E-state index is 12.0. The molecule has 0 bridgehead atoms. The molecule has 1 amide bonds. The Hall–Kier alpha value is -3.46. The van der Waals surface area contributed by atoms with E-state index < -0.39 is 0 Å². The number of aromatic nitrogens is 1. The number of methoxy groups -OCH3 is 1. The van der Waals surface area contributed by atoms with Crippen molar-refractivity contribution in [1.29, 1.82) is 0 Å². The molecule has 0 aliphatic carbocycles. The first-order chi connectivity index (χ1) is 18.6. The predicted octanol–water partition coefficient (Wildman–Crippen LogP) is 6.13. The smallest absolute Gasteiger partial charge is 0.250 e. The second kappa shape index (κ2) is 10.6. The monoisotopic (exact) mass is 561 g/mol. The summed E-state index contributed by atoms with van der Waals surface area (Å²) in [6.07, 6.45) is 4.07. The van der Waals surface area contributed by atoms with Crippen LogP contribution in [0, 0.1) is 0 Å². The van der Waals surface area contributed by atoms with Crippen LogP contribution in [0.15, 0.2) is 66.9 Å². The number of halogens is 1. The van der Waals surface area contributed by atoms with Crippen LogP contribution in [0.4, 0.5) is 17.1 Å². The van der Waals surface area contributed by atoms with Gasteiger partial charge in [-0.15, -0.1) is 0 Å². The Labute approximate surface area is 239 Å². The Morgan fingerprint density at radius 1 is 1.21 bits per heavy atom. The van der Waals surface area contributed by atoms with E-state index >= 15 is 0 Å². The highest BCUT2D eigenvalue weighted by Crippen LogP contribution is 2.47. The van der Waals surface area contributed by atoms with Gasteiger partial charge < -0.3 is 25.2 Å². The Balaban J connectivity index is 1.60. The number of benzene rings is 2. The second-order valence-corrected chi connectivity index (χ2v) is 11.2. The molecule has 202 valence electrons. The molecule has 9 heteroatoms. The van der Waals surface area contributed by atoms with E-state index in [2.05, 4.69) is 71.4 Å². The molecule has 0 unspecified atom stereocenters. The molecule has 1 fully saturated rings. The number of hydrogen-bond donors (Lipinski definition) is 2. The number of likely N-dealkylation sites (N-methyl/N-ethyl adjacent to an activating group) is 1. The summed E-state index contributed by atoms with van der Waals surface area (Å²) >= 11 is 13.0. The fourth-order valence-electron chi connectivity index (χ4n) is 5.40. The highest BCUT2D eigenvalue weighted by atomic mass is 35.5. The van der Waals surface area contributed by atoms with Gasteiger partial charge in [-0.2, -0.15) is 0 Å². The molecule has 2 aliphatic rings. The minimum atomic E-state index is -0.257. The van der Waals surface area contributed by atoms with Crippen LogP contribution >= 0.6 is 23.8 Å². The lowest BCUT2D eigenvalue weighted by Gasteiger charge is -2.41. The summed E-state index contributed by atoms with van der Waals surface area (Å²) in [5, 5.41) is 7.57. The van der Waals surface area contributed by atoms with Crippen molar-refractivity contribution in [1.82, 2.24) is 10.3 Å². The first-order valence-corrected chi connectivity index (χ1v) is 13.6. The molecule has 0 radical (unpaired) electrons. The number of fused-ring (bicyclic) bond motifs is 1. The molecule has 1 saturated heterocycles. The van der Waals surface area contributed by atoms with Crippen molar-refractivity contribution in [3.8, 4) is 0 Å². The molecule has 39 heavy (non-hydrogen) atoms. The zero-order valence-electron chi connectivity index (χ0n) is 22.7. The summed E-state index contributed by atoms with van der Waals surface area (Å²) in [5.41, 5.74) is 6.70. The Morgan fingerprint density at radius 2 is 1.95 bits per heavy atom. The minimum Gasteiger partial charge on any atom is -0.375 e. The van der Waals surface area contributed by atoms with Crippen LogP contribution in [0.2, 0.25) is 5.02 Å². The minimum absolute atomic E-state index is 0.00717. The van der Waals surface area contributed by atoms with E-state index in [9.17, 15) is 4.79 Å². The number of hydrogen-bond acceptors (Lipinski definition) is 5. The van der Waals surface area contributed by atoms with Gasteiger partial charge in [-0.05, 0) is 92.7 Å². The van der Waals surface area contributed by atoms with Crippen LogP contribution in [-0.2, 0) is 9.53 Å². The molecule has 3 aromatic rings. The van der Waals surface area contributed by atoms with E-state index in [1.807, 2.05) is 42.5 Å². The maximum Gasteiger partial charge on any atom is 0.250 e. The van der Waals surface area contributed by atoms with Gasteiger partial charge in [0.05, 0.1) is 23.3 Å². The summed E-state index contributed by atoms with van der Waals surface area (Å²) in [6.45, 7) is 6.53. The third-order valence-corrected chi connectivity index (χ3v) is 8.10. The molecular weight excluding hydrogens is 530 g/mol. The van der Waals surface area contributed by atoms with Crippen molar-refractivity contribution in [3.63, 3.8) is 0 Å². The number of anilines is 3. The number of allylic oxidation sites excluding steroid dienone is 1. The zero-order valence-corrected chi connectivity index (χ0v) is 24.2.